The van der Waals surface area contributed by atoms with Crippen LogP contribution in [0.5, 0.6) is 0 Å². The monoisotopic (exact) mass is 494 g/mol. The van der Waals surface area contributed by atoms with Gasteiger partial charge >= 0.3 is 0 Å². The van der Waals surface area contributed by atoms with E-state index in [0.29, 0.717) is 5.69 Å². The van der Waals surface area contributed by atoms with E-state index in [2.05, 4.69) is 39.8 Å². The van der Waals surface area contributed by atoms with Gasteiger partial charge < -0.3 is 16.4 Å². The van der Waals surface area contributed by atoms with Crippen LogP contribution in [0.3, 0.4) is 0 Å². The fourth-order valence-electron chi connectivity index (χ4n) is 5.90. The summed E-state index contributed by atoms with van der Waals surface area (Å²) < 4.78 is 14.7. The maximum Gasteiger partial charge on any atom is 0.164 e. The van der Waals surface area contributed by atoms with Gasteiger partial charge in [0.05, 0.1) is 22.4 Å². The quantitative estimate of drug-likeness (QED) is 0.443. The van der Waals surface area contributed by atoms with E-state index in [0.717, 1.165) is 61.0 Å². The van der Waals surface area contributed by atoms with Crippen LogP contribution in [-0.2, 0) is 0 Å². The summed E-state index contributed by atoms with van der Waals surface area (Å²) in [6.07, 6.45) is 11.1. The van der Waals surface area contributed by atoms with Gasteiger partial charge in [0.1, 0.15) is 0 Å². The third-order valence-corrected chi connectivity index (χ3v) is 8.10. The minimum Gasteiger partial charge on any atom is -0.401 e. The highest BCUT2D eigenvalue weighted by molar-refractivity contribution is 6.31. The summed E-state index contributed by atoms with van der Waals surface area (Å²) in [5.41, 5.74) is 13.3. The lowest BCUT2D eigenvalue weighted by atomic mass is 9.89. The maximum absolute atomic E-state index is 14.7. The van der Waals surface area contributed by atoms with Crippen LogP contribution >= 0.6 is 11.6 Å². The van der Waals surface area contributed by atoms with Crippen molar-refractivity contribution in [3.8, 4) is 0 Å². The molecule has 1 unspecified atom stereocenters. The Morgan fingerprint density at radius 2 is 1.97 bits per heavy atom. The highest BCUT2D eigenvalue weighted by Crippen LogP contribution is 2.37. The summed E-state index contributed by atoms with van der Waals surface area (Å²) >= 11 is 6.06. The average molecular weight is 495 g/mol. The molecule has 0 bridgehead atoms. The van der Waals surface area contributed by atoms with E-state index in [1.807, 2.05) is 6.92 Å². The van der Waals surface area contributed by atoms with Gasteiger partial charge in [0.2, 0.25) is 0 Å². The normalized spacial score (nSPS) is 23.1. The lowest BCUT2D eigenvalue weighted by Crippen LogP contribution is -2.39. The number of benzene rings is 2. The Morgan fingerprint density at radius 3 is 2.71 bits per heavy atom. The van der Waals surface area contributed by atoms with Gasteiger partial charge in [-0.3, -0.25) is 4.90 Å². The van der Waals surface area contributed by atoms with Crippen LogP contribution in [0, 0.1) is 5.82 Å². The molecule has 186 valence electrons. The first-order valence-electron chi connectivity index (χ1n) is 13.0. The Kier molecular flexibility index (Phi) is 7.35. The predicted molar refractivity (Wildman–Crippen MR) is 145 cm³/mol. The van der Waals surface area contributed by atoms with E-state index in [9.17, 15) is 4.39 Å². The van der Waals surface area contributed by atoms with Gasteiger partial charge in [0, 0.05) is 36.9 Å². The molecule has 4 nitrogen and oxygen atoms in total. The minimum absolute atomic E-state index is 0.0646. The van der Waals surface area contributed by atoms with Crippen LogP contribution in [-0.4, -0.2) is 30.6 Å². The SMILES string of the molecule is C/C(N)=C1/NCCC(Nc2cccc(Cl)c2F)c2cc(C3=CCN(C4CCCCC4)CC3)ccc21. The fourth-order valence-corrected chi connectivity index (χ4v) is 6.07. The number of rotatable bonds is 4. The zero-order valence-electron chi connectivity index (χ0n) is 20.5. The van der Waals surface area contributed by atoms with E-state index >= 15 is 0 Å². The minimum atomic E-state index is -0.410. The first-order chi connectivity index (χ1) is 17.0. The average Bonchev–Trinajstić information content (AvgIpc) is 3.06. The molecule has 6 heteroatoms. The molecule has 0 radical (unpaired) electrons. The molecule has 5 rings (SSSR count). The summed E-state index contributed by atoms with van der Waals surface area (Å²) in [7, 11) is 0. The number of allylic oxidation sites excluding steroid dienone is 1. The summed E-state index contributed by atoms with van der Waals surface area (Å²) in [5, 5.41) is 7.06. The van der Waals surface area contributed by atoms with Crippen molar-refractivity contribution in [1.29, 1.82) is 0 Å². The number of nitrogens with two attached hydrogens (primary N) is 1. The van der Waals surface area contributed by atoms with Gasteiger partial charge in [0.25, 0.3) is 0 Å². The molecule has 4 N–H and O–H groups in total. The van der Waals surface area contributed by atoms with Crippen molar-refractivity contribution in [2.45, 2.75) is 64.0 Å². The van der Waals surface area contributed by atoms with Crippen molar-refractivity contribution in [2.24, 2.45) is 5.73 Å². The molecule has 2 aromatic carbocycles. The maximum atomic E-state index is 14.7. The van der Waals surface area contributed by atoms with Gasteiger partial charge in [0.15, 0.2) is 5.82 Å². The van der Waals surface area contributed by atoms with Gasteiger partial charge in [-0.25, -0.2) is 4.39 Å². The molecule has 1 fully saturated rings. The predicted octanol–water partition coefficient (Wildman–Crippen LogP) is 6.69. The van der Waals surface area contributed by atoms with Crippen molar-refractivity contribution in [3.05, 3.63) is 75.7 Å². The largest absolute Gasteiger partial charge is 0.401 e. The van der Waals surface area contributed by atoms with E-state index in [1.54, 1.807) is 18.2 Å². The van der Waals surface area contributed by atoms with Gasteiger partial charge in [-0.05, 0) is 67.5 Å². The number of hydrogen-bond donors (Lipinski definition) is 3. The fraction of sp³-hybridized carbons (Fsp3) is 0.448. The molecule has 2 aliphatic heterocycles. The van der Waals surface area contributed by atoms with E-state index in [1.165, 1.54) is 43.2 Å². The van der Waals surface area contributed by atoms with Crippen LogP contribution in [0.4, 0.5) is 10.1 Å². The van der Waals surface area contributed by atoms with Crippen molar-refractivity contribution in [2.75, 3.05) is 25.0 Å². The third-order valence-electron chi connectivity index (χ3n) is 7.81. The Hall–Kier alpha value is -2.50. The first-order valence-corrected chi connectivity index (χ1v) is 13.4. The lowest BCUT2D eigenvalue weighted by Gasteiger charge is -2.36. The molecular weight excluding hydrogens is 459 g/mol. The highest BCUT2D eigenvalue weighted by atomic mass is 35.5. The van der Waals surface area contributed by atoms with E-state index in [-0.39, 0.29) is 11.1 Å². The molecule has 3 aliphatic rings. The van der Waals surface area contributed by atoms with Gasteiger partial charge in [-0.1, -0.05) is 55.1 Å². The zero-order chi connectivity index (χ0) is 24.4. The van der Waals surface area contributed by atoms with Gasteiger partial charge in [-0.15, -0.1) is 0 Å². The molecule has 1 saturated carbocycles. The Balaban J connectivity index is 1.45. The molecule has 0 saturated heterocycles. The zero-order valence-corrected chi connectivity index (χ0v) is 21.3. The van der Waals surface area contributed by atoms with Crippen LogP contribution in [0.2, 0.25) is 5.02 Å². The van der Waals surface area contributed by atoms with Crippen molar-refractivity contribution >= 4 is 28.6 Å². The molecule has 2 heterocycles. The van der Waals surface area contributed by atoms with Crippen LogP contribution < -0.4 is 16.4 Å². The number of hydrogen-bond acceptors (Lipinski definition) is 4. The van der Waals surface area contributed by atoms with Crippen molar-refractivity contribution in [3.63, 3.8) is 0 Å². The van der Waals surface area contributed by atoms with Crippen molar-refractivity contribution < 1.29 is 4.39 Å². The number of nitrogens with zero attached hydrogens (tertiary/aromatic N) is 1. The highest BCUT2D eigenvalue weighted by Gasteiger charge is 2.26. The second-order valence-corrected chi connectivity index (χ2v) is 10.5. The lowest BCUT2D eigenvalue weighted by molar-refractivity contribution is 0.171. The number of anilines is 1. The number of halogens is 2. The van der Waals surface area contributed by atoms with Crippen molar-refractivity contribution in [1.82, 2.24) is 10.2 Å². The number of nitrogens with one attached hydrogen (secondary N) is 2. The summed E-state index contributed by atoms with van der Waals surface area (Å²) in [4.78, 5) is 2.67. The molecule has 1 atom stereocenters. The second-order valence-electron chi connectivity index (χ2n) is 10.1. The molecule has 0 amide bonds. The Bertz CT molecular complexity index is 1130. The summed E-state index contributed by atoms with van der Waals surface area (Å²) in [5.74, 6) is -0.410. The molecule has 35 heavy (non-hydrogen) atoms. The van der Waals surface area contributed by atoms with Crippen LogP contribution in [0.1, 0.15) is 74.6 Å². The third kappa shape index (κ3) is 5.22. The molecule has 1 aliphatic carbocycles. The van der Waals surface area contributed by atoms with Crippen LogP contribution in [0.25, 0.3) is 11.3 Å². The first kappa shape index (κ1) is 24.2. The summed E-state index contributed by atoms with van der Waals surface area (Å²) in [6, 6.07) is 12.5. The van der Waals surface area contributed by atoms with E-state index in [4.69, 9.17) is 17.3 Å². The van der Waals surface area contributed by atoms with Crippen LogP contribution in [0.15, 0.2) is 48.2 Å². The molecular formula is C29H36ClFN4. The number of fused-ring (bicyclic) bond motifs is 1. The smallest absolute Gasteiger partial charge is 0.164 e. The summed E-state index contributed by atoms with van der Waals surface area (Å²) in [6.45, 7) is 4.82. The topological polar surface area (TPSA) is 53.3 Å². The molecule has 2 aromatic rings. The Morgan fingerprint density at radius 1 is 1.14 bits per heavy atom. The van der Waals surface area contributed by atoms with E-state index < -0.39 is 5.82 Å². The molecule has 0 spiro atoms. The molecule has 0 aromatic heterocycles. The standard InChI is InChI=1S/C29H36ClFN4/c1-19(32)29-23-11-10-21(20-13-16-35(17-14-20)22-6-3-2-4-7-22)18-24(23)26(12-15-33-29)34-27-9-5-8-25(30)28(27)31/h5,8-11,13,18,22,26,33-34H,2-4,6-7,12,14-17,32H2,1H3/b29-19-. The Labute approximate surface area is 213 Å². The second kappa shape index (κ2) is 10.6. The van der Waals surface area contributed by atoms with Gasteiger partial charge in [-0.2, -0.15) is 0 Å².